The predicted octanol–water partition coefficient (Wildman–Crippen LogP) is 4.58. The lowest BCUT2D eigenvalue weighted by Crippen LogP contribution is -1.97. The lowest BCUT2D eigenvalue weighted by atomic mass is 9.94. The van der Waals surface area contributed by atoms with Crippen LogP contribution in [0, 0.1) is 5.92 Å². The molecule has 0 aromatic heterocycles. The largest absolute Gasteiger partial charge is 0.133 e. The van der Waals surface area contributed by atoms with Gasteiger partial charge in [-0.2, -0.15) is 0 Å². The predicted molar refractivity (Wildman–Crippen MR) is 67.7 cm³/mol. The average Bonchev–Trinajstić information content (AvgIpc) is 2.25. The molecule has 0 unspecified atom stereocenters. The molecule has 0 nitrogen and oxygen atoms in total. The van der Waals surface area contributed by atoms with Crippen molar-refractivity contribution in [1.29, 1.82) is 0 Å². The van der Waals surface area contributed by atoms with E-state index in [-0.39, 0.29) is 0 Å². The zero-order valence-electron chi connectivity index (χ0n) is 9.47. The number of rotatable bonds is 8. The van der Waals surface area contributed by atoms with E-state index in [0.29, 0.717) is 5.92 Å². The molecule has 0 bridgehead atoms. The van der Waals surface area contributed by atoms with Crippen LogP contribution in [0.25, 0.3) is 0 Å². The van der Waals surface area contributed by atoms with Crippen molar-refractivity contribution in [2.45, 2.75) is 32.1 Å². The molecule has 0 amide bonds. The van der Waals surface area contributed by atoms with Crippen molar-refractivity contribution in [2.24, 2.45) is 5.92 Å². The lowest BCUT2D eigenvalue weighted by molar-refractivity contribution is 0.464. The molecule has 0 aliphatic rings. The molecule has 0 saturated carbocycles. The molecule has 15 heavy (non-hydrogen) atoms. The van der Waals surface area contributed by atoms with Gasteiger partial charge in [0.2, 0.25) is 0 Å². The minimum absolute atomic E-state index is 0.688. The van der Waals surface area contributed by atoms with E-state index in [9.17, 15) is 0 Å². The minimum atomic E-state index is 0.688. The quantitative estimate of drug-likeness (QED) is 0.503. The summed E-state index contributed by atoms with van der Waals surface area (Å²) in [6.45, 7) is 10.7. The standard InChI is InChI=1S/C15H20/c1-4-7-10-13-15(12-9-6-3)14-11-8-5-2/h7-9,15H,1-3,10-14H2. The average molecular weight is 200 g/mol. The fourth-order valence-electron chi connectivity index (χ4n) is 1.47. The summed E-state index contributed by atoms with van der Waals surface area (Å²) in [5.41, 5.74) is 8.43. The van der Waals surface area contributed by atoms with Gasteiger partial charge in [0.15, 0.2) is 0 Å². The maximum Gasteiger partial charge on any atom is -0.0246 e. The van der Waals surface area contributed by atoms with Gasteiger partial charge in [-0.25, -0.2) is 0 Å². The summed E-state index contributed by atoms with van der Waals surface area (Å²) in [4.78, 5) is 0. The molecular formula is C15H20. The summed E-state index contributed by atoms with van der Waals surface area (Å²) >= 11 is 0. The summed E-state index contributed by atoms with van der Waals surface area (Å²) in [5, 5.41) is 0. The number of hydrogen-bond acceptors (Lipinski definition) is 0. The maximum absolute atomic E-state index is 3.58. The Kier molecular flexibility index (Phi) is 9.62. The van der Waals surface area contributed by atoms with Crippen LogP contribution in [-0.2, 0) is 0 Å². The van der Waals surface area contributed by atoms with E-state index in [2.05, 4.69) is 36.9 Å². The van der Waals surface area contributed by atoms with Gasteiger partial charge in [0, 0.05) is 0 Å². The Bertz CT molecular complexity index is 268. The van der Waals surface area contributed by atoms with E-state index < -0.39 is 0 Å². The zero-order valence-corrected chi connectivity index (χ0v) is 9.47. The van der Waals surface area contributed by atoms with Gasteiger partial charge in [-0.05, 0) is 56.3 Å². The molecule has 0 rings (SSSR count). The summed E-state index contributed by atoms with van der Waals surface area (Å²) < 4.78 is 0. The highest BCUT2D eigenvalue weighted by Crippen LogP contribution is 2.18. The summed E-state index contributed by atoms with van der Waals surface area (Å²) in [5.74, 6) is 0.688. The molecule has 0 heteroatoms. The van der Waals surface area contributed by atoms with Gasteiger partial charge in [0.05, 0.1) is 0 Å². The summed E-state index contributed by atoms with van der Waals surface area (Å²) in [7, 11) is 0. The van der Waals surface area contributed by atoms with Crippen LogP contribution in [0.1, 0.15) is 32.1 Å². The van der Waals surface area contributed by atoms with Crippen LogP contribution in [0.3, 0.4) is 0 Å². The second kappa shape index (κ2) is 10.6. The van der Waals surface area contributed by atoms with Crippen molar-refractivity contribution in [3.63, 3.8) is 0 Å². The lowest BCUT2D eigenvalue weighted by Gasteiger charge is -2.11. The van der Waals surface area contributed by atoms with Crippen molar-refractivity contribution in [1.82, 2.24) is 0 Å². The summed E-state index contributed by atoms with van der Waals surface area (Å²) in [6, 6.07) is 0. The van der Waals surface area contributed by atoms with E-state index in [0.717, 1.165) is 19.3 Å². The first-order valence-electron chi connectivity index (χ1n) is 5.38. The molecule has 0 spiro atoms. The Morgan fingerprint density at radius 1 is 0.800 bits per heavy atom. The molecule has 0 saturated heterocycles. The Morgan fingerprint density at radius 2 is 1.27 bits per heavy atom. The highest BCUT2D eigenvalue weighted by Gasteiger charge is 2.04. The van der Waals surface area contributed by atoms with E-state index >= 15 is 0 Å². The molecule has 0 aliphatic heterocycles. The van der Waals surface area contributed by atoms with Gasteiger partial charge in [-0.15, -0.1) is 17.2 Å². The van der Waals surface area contributed by atoms with E-state index in [1.807, 2.05) is 18.2 Å². The van der Waals surface area contributed by atoms with Gasteiger partial charge in [0.25, 0.3) is 0 Å². The van der Waals surface area contributed by atoms with Gasteiger partial charge in [-0.3, -0.25) is 0 Å². The van der Waals surface area contributed by atoms with Crippen molar-refractivity contribution in [3.8, 4) is 0 Å². The topological polar surface area (TPSA) is 0 Å². The van der Waals surface area contributed by atoms with Crippen LogP contribution >= 0.6 is 0 Å². The molecule has 80 valence electrons. The highest BCUT2D eigenvalue weighted by atomic mass is 14.1. The molecule has 0 fully saturated rings. The van der Waals surface area contributed by atoms with E-state index in [4.69, 9.17) is 0 Å². The van der Waals surface area contributed by atoms with Gasteiger partial charge in [-0.1, -0.05) is 19.7 Å². The normalized spacial score (nSPS) is 10.4. The van der Waals surface area contributed by atoms with Gasteiger partial charge < -0.3 is 0 Å². The van der Waals surface area contributed by atoms with Crippen LogP contribution in [0.15, 0.2) is 55.2 Å². The monoisotopic (exact) mass is 200 g/mol. The second-order valence-electron chi connectivity index (χ2n) is 3.48. The maximum atomic E-state index is 3.58. The molecule has 0 aliphatic carbocycles. The fraction of sp³-hybridized carbons (Fsp3) is 0.400. The first kappa shape index (κ1) is 13.6. The van der Waals surface area contributed by atoms with Crippen molar-refractivity contribution >= 4 is 0 Å². The molecule has 0 aromatic rings. The second-order valence-corrected chi connectivity index (χ2v) is 3.48. The van der Waals surface area contributed by atoms with Crippen LogP contribution in [0.5, 0.6) is 0 Å². The molecular weight excluding hydrogens is 180 g/mol. The highest BCUT2D eigenvalue weighted by molar-refractivity contribution is 4.84. The molecule has 0 radical (unpaired) electrons. The smallest absolute Gasteiger partial charge is 0.0246 e. The first-order chi connectivity index (χ1) is 7.35. The van der Waals surface area contributed by atoms with Crippen molar-refractivity contribution in [2.75, 3.05) is 0 Å². The fourth-order valence-corrected chi connectivity index (χ4v) is 1.47. The van der Waals surface area contributed by atoms with Gasteiger partial charge >= 0.3 is 0 Å². The minimum Gasteiger partial charge on any atom is -0.133 e. The molecule has 0 aromatic carbocycles. The number of hydrogen-bond donors (Lipinski definition) is 0. The van der Waals surface area contributed by atoms with Gasteiger partial charge in [0.1, 0.15) is 0 Å². The first-order valence-corrected chi connectivity index (χ1v) is 5.38. The third-order valence-electron chi connectivity index (χ3n) is 2.32. The SMILES string of the molecule is C=C=CCCC(CC=C=C)CCC=C=C. The van der Waals surface area contributed by atoms with Crippen LogP contribution < -0.4 is 0 Å². The van der Waals surface area contributed by atoms with Crippen molar-refractivity contribution < 1.29 is 0 Å². The van der Waals surface area contributed by atoms with Crippen molar-refractivity contribution in [3.05, 3.63) is 55.2 Å². The third-order valence-corrected chi connectivity index (χ3v) is 2.32. The Morgan fingerprint density at radius 3 is 1.67 bits per heavy atom. The van der Waals surface area contributed by atoms with Crippen LogP contribution in [-0.4, -0.2) is 0 Å². The summed E-state index contributed by atoms with van der Waals surface area (Å²) in [6.07, 6.45) is 11.5. The Labute approximate surface area is 93.7 Å². The Hall–Kier alpha value is -1.44. The van der Waals surface area contributed by atoms with Crippen LogP contribution in [0.4, 0.5) is 0 Å². The molecule has 0 heterocycles. The third kappa shape index (κ3) is 8.88. The molecule has 0 N–H and O–H groups in total. The van der Waals surface area contributed by atoms with E-state index in [1.54, 1.807) is 0 Å². The van der Waals surface area contributed by atoms with Crippen LogP contribution in [0.2, 0.25) is 0 Å². The Balaban J connectivity index is 3.97. The molecule has 0 atom stereocenters. The van der Waals surface area contributed by atoms with E-state index in [1.165, 1.54) is 12.8 Å². The number of allylic oxidation sites excluding steroid dienone is 3. The zero-order chi connectivity index (χ0) is 11.4.